The maximum atomic E-state index is 10.7. The second-order valence-corrected chi connectivity index (χ2v) is 5.20. The van der Waals surface area contributed by atoms with Crippen molar-refractivity contribution in [1.82, 2.24) is 5.32 Å². The second kappa shape index (κ2) is 8.39. The van der Waals surface area contributed by atoms with E-state index in [1.54, 1.807) is 12.1 Å². The molecule has 0 radical (unpaired) electrons. The molecule has 0 unspecified atom stereocenters. The van der Waals surface area contributed by atoms with E-state index in [9.17, 15) is 4.79 Å². The van der Waals surface area contributed by atoms with Crippen LogP contribution in [0.3, 0.4) is 0 Å². The molecule has 0 spiro atoms. The van der Waals surface area contributed by atoms with Gasteiger partial charge in [-0.2, -0.15) is 0 Å². The number of benzene rings is 1. The van der Waals surface area contributed by atoms with E-state index in [4.69, 9.17) is 23.2 Å². The van der Waals surface area contributed by atoms with E-state index in [0.29, 0.717) is 10.0 Å². The van der Waals surface area contributed by atoms with Gasteiger partial charge in [0.25, 0.3) is 0 Å². The van der Waals surface area contributed by atoms with Crippen molar-refractivity contribution in [1.29, 1.82) is 0 Å². The Morgan fingerprint density at radius 3 is 2.67 bits per heavy atom. The summed E-state index contributed by atoms with van der Waals surface area (Å²) in [5.74, 6) is 0. The summed E-state index contributed by atoms with van der Waals surface area (Å²) in [5, 5.41) is 4.05. The van der Waals surface area contributed by atoms with E-state index < -0.39 is 0 Å². The van der Waals surface area contributed by atoms with Gasteiger partial charge in [0.05, 0.1) is 6.04 Å². The molecule has 18 heavy (non-hydrogen) atoms. The molecule has 0 heterocycles. The molecule has 1 aromatic rings. The van der Waals surface area contributed by atoms with Crippen LogP contribution in [0.25, 0.3) is 0 Å². The largest absolute Gasteiger partial charge is 0.352 e. The first-order valence-electron chi connectivity index (χ1n) is 6.33. The van der Waals surface area contributed by atoms with Gasteiger partial charge in [-0.1, -0.05) is 61.9 Å². The summed E-state index contributed by atoms with van der Waals surface area (Å²) in [6, 6.07) is 5.37. The van der Waals surface area contributed by atoms with Crippen LogP contribution in [0, 0.1) is 0 Å². The molecule has 1 amide bonds. The summed E-state index contributed by atoms with van der Waals surface area (Å²) >= 11 is 12.0. The zero-order valence-corrected chi connectivity index (χ0v) is 12.1. The Bertz CT molecular complexity index is 382. The average Bonchev–Trinajstić information content (AvgIpc) is 2.34. The van der Waals surface area contributed by atoms with Gasteiger partial charge >= 0.3 is 0 Å². The first-order valence-corrected chi connectivity index (χ1v) is 7.09. The third-order valence-electron chi connectivity index (χ3n) is 2.95. The van der Waals surface area contributed by atoms with Crippen LogP contribution < -0.4 is 5.32 Å². The van der Waals surface area contributed by atoms with Crippen molar-refractivity contribution < 1.29 is 4.79 Å². The van der Waals surface area contributed by atoms with Crippen LogP contribution in [-0.2, 0) is 4.79 Å². The Kier molecular flexibility index (Phi) is 7.14. The van der Waals surface area contributed by atoms with Gasteiger partial charge in [0.1, 0.15) is 0 Å². The molecule has 1 rings (SSSR count). The molecule has 2 nitrogen and oxygen atoms in total. The van der Waals surface area contributed by atoms with E-state index in [1.165, 1.54) is 19.3 Å². The van der Waals surface area contributed by atoms with Gasteiger partial charge < -0.3 is 5.32 Å². The van der Waals surface area contributed by atoms with E-state index in [-0.39, 0.29) is 6.04 Å². The Hall–Kier alpha value is -0.730. The van der Waals surface area contributed by atoms with Crippen LogP contribution in [0.15, 0.2) is 18.2 Å². The number of hydrogen-bond acceptors (Lipinski definition) is 1. The first-order chi connectivity index (χ1) is 8.69. The van der Waals surface area contributed by atoms with Gasteiger partial charge in [-0.05, 0) is 24.1 Å². The Balaban J connectivity index is 2.67. The maximum absolute atomic E-state index is 10.7. The van der Waals surface area contributed by atoms with Crippen LogP contribution in [0.4, 0.5) is 0 Å². The van der Waals surface area contributed by atoms with E-state index in [2.05, 4.69) is 12.2 Å². The molecule has 0 aliphatic heterocycles. The van der Waals surface area contributed by atoms with Crippen LogP contribution >= 0.6 is 23.2 Å². The fourth-order valence-corrected chi connectivity index (χ4v) is 2.51. The van der Waals surface area contributed by atoms with Crippen molar-refractivity contribution in [2.45, 2.75) is 45.1 Å². The number of hydrogen-bond donors (Lipinski definition) is 1. The fraction of sp³-hybridized carbons (Fsp3) is 0.500. The molecule has 0 saturated heterocycles. The van der Waals surface area contributed by atoms with Crippen LogP contribution in [0.1, 0.15) is 50.6 Å². The lowest BCUT2D eigenvalue weighted by Gasteiger charge is -2.18. The predicted octanol–water partition coefficient (Wildman–Crippen LogP) is 4.75. The monoisotopic (exact) mass is 287 g/mol. The van der Waals surface area contributed by atoms with Gasteiger partial charge in [0, 0.05) is 10.0 Å². The Labute approximate surface area is 119 Å². The standard InChI is InChI=1S/C14H19Cl2NO/c1-2-3-4-5-6-14(17-10-18)12-8-7-11(15)9-13(12)16/h7-10,14H,2-6H2,1H3,(H,17,18)/t14-/m0/s1. The molecular formula is C14H19Cl2NO. The van der Waals surface area contributed by atoms with Crippen molar-refractivity contribution in [3.05, 3.63) is 33.8 Å². The summed E-state index contributed by atoms with van der Waals surface area (Å²) in [4.78, 5) is 10.7. The van der Waals surface area contributed by atoms with Crippen molar-refractivity contribution in [2.75, 3.05) is 0 Å². The molecule has 1 aromatic carbocycles. The lowest BCUT2D eigenvalue weighted by Crippen LogP contribution is -2.19. The summed E-state index contributed by atoms with van der Waals surface area (Å²) in [6.45, 7) is 2.18. The minimum absolute atomic E-state index is 0.0240. The van der Waals surface area contributed by atoms with Crippen LogP contribution in [0.2, 0.25) is 10.0 Å². The summed E-state index contributed by atoms with van der Waals surface area (Å²) in [7, 11) is 0. The van der Waals surface area contributed by atoms with Crippen LogP contribution in [0.5, 0.6) is 0 Å². The number of nitrogens with one attached hydrogen (secondary N) is 1. The molecule has 4 heteroatoms. The normalized spacial score (nSPS) is 12.2. The third kappa shape index (κ3) is 4.87. The molecule has 1 N–H and O–H groups in total. The molecule has 0 aromatic heterocycles. The highest BCUT2D eigenvalue weighted by Gasteiger charge is 2.13. The highest BCUT2D eigenvalue weighted by Crippen LogP contribution is 2.29. The number of unbranched alkanes of at least 4 members (excludes halogenated alkanes) is 3. The second-order valence-electron chi connectivity index (χ2n) is 4.35. The SMILES string of the molecule is CCCCCC[C@H](NC=O)c1ccc(Cl)cc1Cl. The highest BCUT2D eigenvalue weighted by atomic mass is 35.5. The molecule has 0 aliphatic carbocycles. The highest BCUT2D eigenvalue weighted by molar-refractivity contribution is 6.35. The smallest absolute Gasteiger partial charge is 0.207 e. The van der Waals surface area contributed by atoms with Gasteiger partial charge in [0.2, 0.25) is 6.41 Å². The first kappa shape index (κ1) is 15.3. The zero-order chi connectivity index (χ0) is 13.4. The quantitative estimate of drug-likeness (QED) is 0.542. The summed E-state index contributed by atoms with van der Waals surface area (Å²) < 4.78 is 0. The van der Waals surface area contributed by atoms with Gasteiger partial charge in [-0.25, -0.2) is 0 Å². The average molecular weight is 288 g/mol. The lowest BCUT2D eigenvalue weighted by atomic mass is 10.00. The van der Waals surface area contributed by atoms with Crippen molar-refractivity contribution in [3.8, 4) is 0 Å². The Morgan fingerprint density at radius 1 is 1.28 bits per heavy atom. The van der Waals surface area contributed by atoms with Crippen molar-refractivity contribution in [3.63, 3.8) is 0 Å². The minimum Gasteiger partial charge on any atom is -0.352 e. The number of carbonyl (C=O) groups is 1. The third-order valence-corrected chi connectivity index (χ3v) is 3.52. The number of amides is 1. The predicted molar refractivity (Wildman–Crippen MR) is 77.2 cm³/mol. The van der Waals surface area contributed by atoms with Gasteiger partial charge in [-0.3, -0.25) is 4.79 Å². The molecule has 1 atom stereocenters. The van der Waals surface area contributed by atoms with E-state index in [1.807, 2.05) is 6.07 Å². The van der Waals surface area contributed by atoms with Gasteiger partial charge in [-0.15, -0.1) is 0 Å². The van der Waals surface area contributed by atoms with Crippen molar-refractivity contribution in [2.24, 2.45) is 0 Å². The van der Waals surface area contributed by atoms with Crippen LogP contribution in [-0.4, -0.2) is 6.41 Å². The number of carbonyl (C=O) groups excluding carboxylic acids is 1. The van der Waals surface area contributed by atoms with Gasteiger partial charge in [0.15, 0.2) is 0 Å². The van der Waals surface area contributed by atoms with E-state index in [0.717, 1.165) is 24.8 Å². The lowest BCUT2D eigenvalue weighted by molar-refractivity contribution is -0.110. The molecule has 0 bridgehead atoms. The molecule has 0 saturated carbocycles. The zero-order valence-electron chi connectivity index (χ0n) is 10.6. The molecule has 100 valence electrons. The van der Waals surface area contributed by atoms with Crippen molar-refractivity contribution >= 4 is 29.6 Å². The number of rotatable bonds is 8. The summed E-state index contributed by atoms with van der Waals surface area (Å²) in [5.41, 5.74) is 0.935. The minimum atomic E-state index is -0.0240. The molecular weight excluding hydrogens is 269 g/mol. The maximum Gasteiger partial charge on any atom is 0.207 e. The topological polar surface area (TPSA) is 29.1 Å². The fourth-order valence-electron chi connectivity index (χ4n) is 1.97. The molecule has 0 fully saturated rings. The molecule has 0 aliphatic rings. The summed E-state index contributed by atoms with van der Waals surface area (Å²) in [6.07, 6.45) is 6.32. The number of halogens is 2. The Morgan fingerprint density at radius 2 is 2.06 bits per heavy atom. The van der Waals surface area contributed by atoms with E-state index >= 15 is 0 Å².